The van der Waals surface area contributed by atoms with E-state index in [0.717, 1.165) is 61.5 Å². The molecular weight excluding hydrogens is 484 g/mol. The molecule has 3 aliphatic rings. The summed E-state index contributed by atoms with van der Waals surface area (Å²) in [6.45, 7) is 10.6. The first-order chi connectivity index (χ1) is 18.2. The van der Waals surface area contributed by atoms with E-state index < -0.39 is 5.60 Å². The van der Waals surface area contributed by atoms with Crippen LogP contribution >= 0.6 is 0 Å². The summed E-state index contributed by atoms with van der Waals surface area (Å²) in [5.41, 5.74) is 2.92. The normalized spacial score (nSPS) is 21.0. The highest BCUT2D eigenvalue weighted by atomic mass is 16.7. The van der Waals surface area contributed by atoms with Gasteiger partial charge < -0.3 is 28.9 Å². The maximum Gasteiger partial charge on any atom is 0.410 e. The number of hydrogen-bond donors (Lipinski definition) is 0. The maximum atomic E-state index is 12.8. The first kappa shape index (κ1) is 26.4. The van der Waals surface area contributed by atoms with E-state index in [-0.39, 0.29) is 24.2 Å². The van der Waals surface area contributed by atoms with Crippen molar-refractivity contribution >= 4 is 12.0 Å². The monoisotopic (exact) mass is 522 g/mol. The number of benzene rings is 1. The zero-order valence-electron chi connectivity index (χ0n) is 22.8. The molecule has 1 aromatic carbocycles. The summed E-state index contributed by atoms with van der Waals surface area (Å²) in [6, 6.07) is 9.83. The van der Waals surface area contributed by atoms with Crippen molar-refractivity contribution in [3.8, 4) is 16.9 Å². The Balaban J connectivity index is 1.17. The van der Waals surface area contributed by atoms with Gasteiger partial charge in [-0.3, -0.25) is 9.78 Å². The van der Waals surface area contributed by atoms with Crippen molar-refractivity contribution in [1.82, 2.24) is 19.7 Å². The van der Waals surface area contributed by atoms with Crippen molar-refractivity contribution in [3.05, 3.63) is 47.8 Å². The SMILES string of the molecule is CN1CCN(C(=O)c2ccc(-c3ccc4c(c3)COC(C3CCN(C(=O)OC(C)(C)C)CC3)O4)cn2)CC1. The molecule has 0 spiro atoms. The van der Waals surface area contributed by atoms with Gasteiger partial charge in [-0.2, -0.15) is 0 Å². The molecule has 2 amide bonds. The molecule has 204 valence electrons. The first-order valence-electron chi connectivity index (χ1n) is 13.5. The Bertz CT molecular complexity index is 1150. The minimum Gasteiger partial charge on any atom is -0.464 e. The Hall–Kier alpha value is -3.17. The Kier molecular flexibility index (Phi) is 7.59. The topological polar surface area (TPSA) is 84.4 Å². The van der Waals surface area contributed by atoms with Crippen LogP contribution in [-0.2, 0) is 16.1 Å². The lowest BCUT2D eigenvalue weighted by atomic mass is 9.95. The van der Waals surface area contributed by atoms with Crippen LogP contribution in [0.1, 0.15) is 49.7 Å². The maximum absolute atomic E-state index is 12.8. The summed E-state index contributed by atoms with van der Waals surface area (Å²) >= 11 is 0. The first-order valence-corrected chi connectivity index (χ1v) is 13.5. The number of ether oxygens (including phenoxy) is 3. The Morgan fingerprint density at radius 3 is 2.32 bits per heavy atom. The largest absolute Gasteiger partial charge is 0.464 e. The molecule has 2 aromatic rings. The molecule has 5 rings (SSSR count). The highest BCUT2D eigenvalue weighted by Gasteiger charge is 2.34. The summed E-state index contributed by atoms with van der Waals surface area (Å²) in [4.78, 5) is 35.5. The number of carbonyl (C=O) groups excluding carboxylic acids is 2. The van der Waals surface area contributed by atoms with E-state index in [9.17, 15) is 9.59 Å². The number of amides is 2. The predicted octanol–water partition coefficient (Wildman–Crippen LogP) is 4.02. The number of likely N-dealkylation sites (N-methyl/N-ethyl adjacent to an activating group) is 1. The lowest BCUT2D eigenvalue weighted by molar-refractivity contribution is -0.149. The third kappa shape index (κ3) is 6.10. The van der Waals surface area contributed by atoms with Crippen LogP contribution in [0.2, 0.25) is 0 Å². The molecule has 1 aromatic heterocycles. The van der Waals surface area contributed by atoms with Gasteiger partial charge in [0.1, 0.15) is 17.0 Å². The van der Waals surface area contributed by atoms with Crippen molar-refractivity contribution in [2.45, 2.75) is 52.1 Å². The number of likely N-dealkylation sites (tertiary alicyclic amines) is 1. The van der Waals surface area contributed by atoms with Crippen molar-refractivity contribution in [1.29, 1.82) is 0 Å². The number of piperazine rings is 1. The standard InChI is InChI=1S/C29H38N4O5/c1-29(2,3)38-28(35)33-11-9-20(10-12-33)27-36-19-23-17-21(6-8-25(23)37-27)22-5-7-24(30-18-22)26(34)32-15-13-31(4)14-16-32/h5-8,17-18,20,27H,9-16,19H2,1-4H3. The fraction of sp³-hybridized carbons (Fsp3) is 0.552. The predicted molar refractivity (Wildman–Crippen MR) is 143 cm³/mol. The molecule has 0 aliphatic carbocycles. The van der Waals surface area contributed by atoms with Gasteiger partial charge in [0.15, 0.2) is 0 Å². The van der Waals surface area contributed by atoms with Crippen LogP contribution in [0.4, 0.5) is 4.79 Å². The molecule has 2 fully saturated rings. The van der Waals surface area contributed by atoms with Gasteiger partial charge in [0.2, 0.25) is 6.29 Å². The minimum atomic E-state index is -0.494. The second kappa shape index (κ2) is 10.9. The van der Waals surface area contributed by atoms with Gasteiger partial charge in [-0.25, -0.2) is 4.79 Å². The molecule has 38 heavy (non-hydrogen) atoms. The fourth-order valence-corrected chi connectivity index (χ4v) is 5.09. The number of hydrogen-bond acceptors (Lipinski definition) is 7. The van der Waals surface area contributed by atoms with Crippen molar-refractivity contribution in [2.75, 3.05) is 46.3 Å². The third-order valence-corrected chi connectivity index (χ3v) is 7.39. The van der Waals surface area contributed by atoms with E-state index in [1.807, 2.05) is 49.9 Å². The van der Waals surface area contributed by atoms with Gasteiger partial charge in [0.05, 0.1) is 6.61 Å². The minimum absolute atomic E-state index is 0.0140. The molecule has 1 atom stereocenters. The lowest BCUT2D eigenvalue weighted by Crippen LogP contribution is -2.47. The van der Waals surface area contributed by atoms with Crippen molar-refractivity contribution in [2.24, 2.45) is 5.92 Å². The number of carbonyl (C=O) groups is 2. The fourth-order valence-electron chi connectivity index (χ4n) is 5.09. The number of aromatic nitrogens is 1. The van der Waals surface area contributed by atoms with Gasteiger partial charge in [0, 0.05) is 62.5 Å². The molecule has 0 saturated carbocycles. The van der Waals surface area contributed by atoms with Gasteiger partial charge in [0.25, 0.3) is 5.91 Å². The molecular formula is C29H38N4O5. The van der Waals surface area contributed by atoms with Crippen LogP contribution in [-0.4, -0.2) is 89.9 Å². The van der Waals surface area contributed by atoms with E-state index in [1.165, 1.54) is 0 Å². The third-order valence-electron chi connectivity index (χ3n) is 7.39. The Labute approximate surface area is 224 Å². The van der Waals surface area contributed by atoms with E-state index in [0.29, 0.717) is 25.4 Å². The van der Waals surface area contributed by atoms with Crippen molar-refractivity contribution < 1.29 is 23.8 Å². The summed E-state index contributed by atoms with van der Waals surface area (Å²) in [5.74, 6) is 1.03. The highest BCUT2D eigenvalue weighted by Crippen LogP contribution is 2.35. The van der Waals surface area contributed by atoms with Gasteiger partial charge in [-0.05, 0) is 64.4 Å². The van der Waals surface area contributed by atoms with Crippen LogP contribution in [0.15, 0.2) is 36.5 Å². The molecule has 0 N–H and O–H groups in total. The van der Waals surface area contributed by atoms with Crippen LogP contribution in [0, 0.1) is 5.92 Å². The second-order valence-electron chi connectivity index (χ2n) is 11.5. The summed E-state index contributed by atoms with van der Waals surface area (Å²) in [6.07, 6.45) is 2.79. The number of nitrogens with zero attached hydrogens (tertiary/aromatic N) is 4. The van der Waals surface area contributed by atoms with E-state index >= 15 is 0 Å². The number of rotatable bonds is 3. The second-order valence-corrected chi connectivity index (χ2v) is 11.5. The number of fused-ring (bicyclic) bond motifs is 1. The van der Waals surface area contributed by atoms with E-state index in [2.05, 4.69) is 23.0 Å². The van der Waals surface area contributed by atoms with E-state index in [4.69, 9.17) is 14.2 Å². The van der Waals surface area contributed by atoms with E-state index in [1.54, 1.807) is 11.1 Å². The van der Waals surface area contributed by atoms with Gasteiger partial charge in [-0.1, -0.05) is 12.1 Å². The van der Waals surface area contributed by atoms with Gasteiger partial charge in [-0.15, -0.1) is 0 Å². The molecule has 3 aliphatic heterocycles. The van der Waals surface area contributed by atoms with Crippen LogP contribution in [0.25, 0.3) is 11.1 Å². The van der Waals surface area contributed by atoms with Gasteiger partial charge >= 0.3 is 6.09 Å². The summed E-state index contributed by atoms with van der Waals surface area (Å²) < 4.78 is 17.8. The number of pyridine rings is 1. The van der Waals surface area contributed by atoms with Crippen molar-refractivity contribution in [3.63, 3.8) is 0 Å². The number of piperidine rings is 1. The van der Waals surface area contributed by atoms with Crippen LogP contribution < -0.4 is 4.74 Å². The Morgan fingerprint density at radius 2 is 1.66 bits per heavy atom. The lowest BCUT2D eigenvalue weighted by Gasteiger charge is -2.38. The van der Waals surface area contributed by atoms with Crippen LogP contribution in [0.3, 0.4) is 0 Å². The summed E-state index contributed by atoms with van der Waals surface area (Å²) in [7, 11) is 2.07. The molecule has 1 unspecified atom stereocenters. The highest BCUT2D eigenvalue weighted by molar-refractivity contribution is 5.92. The molecule has 2 saturated heterocycles. The molecule has 9 nitrogen and oxygen atoms in total. The molecule has 0 bridgehead atoms. The summed E-state index contributed by atoms with van der Waals surface area (Å²) in [5, 5.41) is 0. The molecule has 9 heteroatoms. The van der Waals surface area contributed by atoms with Crippen LogP contribution in [0.5, 0.6) is 5.75 Å². The smallest absolute Gasteiger partial charge is 0.410 e. The Morgan fingerprint density at radius 1 is 0.947 bits per heavy atom. The zero-order valence-corrected chi connectivity index (χ0v) is 22.8. The quantitative estimate of drug-likeness (QED) is 0.602. The average molecular weight is 523 g/mol. The molecule has 4 heterocycles. The average Bonchev–Trinajstić information content (AvgIpc) is 2.92. The zero-order chi connectivity index (χ0) is 26.9. The molecule has 0 radical (unpaired) electrons.